The minimum atomic E-state index is -4.22. The number of rotatable bonds is 4. The highest BCUT2D eigenvalue weighted by molar-refractivity contribution is 5.98. The lowest BCUT2D eigenvalue weighted by Crippen LogP contribution is -2.45. The quantitative estimate of drug-likeness (QED) is 0.653. The normalized spacial score (nSPS) is 14.6. The van der Waals surface area contributed by atoms with Gasteiger partial charge in [-0.05, 0) is 18.1 Å². The first-order chi connectivity index (χ1) is 10.9. The van der Waals surface area contributed by atoms with E-state index in [1.165, 1.54) is 7.05 Å². The monoisotopic (exact) mass is 328 g/mol. The van der Waals surface area contributed by atoms with Crippen molar-refractivity contribution in [3.05, 3.63) is 29.8 Å². The van der Waals surface area contributed by atoms with Gasteiger partial charge in [0.25, 0.3) is 0 Å². The summed E-state index contributed by atoms with van der Waals surface area (Å²) in [7, 11) is 1.44. The number of carbonyl (C=O) groups is 1. The fourth-order valence-electron chi connectivity index (χ4n) is 2.40. The van der Waals surface area contributed by atoms with Crippen molar-refractivity contribution >= 4 is 17.6 Å². The molecule has 1 amide bonds. The van der Waals surface area contributed by atoms with Crippen LogP contribution >= 0.6 is 0 Å². The van der Waals surface area contributed by atoms with Gasteiger partial charge in [-0.1, -0.05) is 18.2 Å². The van der Waals surface area contributed by atoms with E-state index in [-0.39, 0.29) is 25.0 Å². The molecular weight excluding hydrogens is 309 g/mol. The summed E-state index contributed by atoms with van der Waals surface area (Å²) < 4.78 is 36.3. The summed E-state index contributed by atoms with van der Waals surface area (Å²) in [5.74, 6) is 0.0313. The molecule has 2 rings (SSSR count). The lowest BCUT2D eigenvalue weighted by Gasteiger charge is -2.19. The molecule has 0 aromatic heterocycles. The largest absolute Gasteiger partial charge is 0.390 e. The molecule has 23 heavy (non-hydrogen) atoms. The van der Waals surface area contributed by atoms with Gasteiger partial charge in [0.15, 0.2) is 5.96 Å². The second-order valence-corrected chi connectivity index (χ2v) is 5.14. The van der Waals surface area contributed by atoms with Crippen molar-refractivity contribution in [1.29, 1.82) is 0 Å². The summed E-state index contributed by atoms with van der Waals surface area (Å²) in [5, 5.41) is 5.28. The van der Waals surface area contributed by atoms with Crippen LogP contribution in [0.4, 0.5) is 18.9 Å². The van der Waals surface area contributed by atoms with Gasteiger partial charge in [-0.25, -0.2) is 0 Å². The summed E-state index contributed by atoms with van der Waals surface area (Å²) >= 11 is 0. The molecule has 1 aliphatic heterocycles. The van der Waals surface area contributed by atoms with Crippen molar-refractivity contribution < 1.29 is 18.0 Å². The third-order valence-corrected chi connectivity index (χ3v) is 3.52. The number of aliphatic imine (C=N–C) groups is 1. The standard InChI is InChI=1S/C15H19F3N4O/c1-19-14(20-8-7-15(16,17)18)21-10-13(23)22-9-6-11-4-2-3-5-12(11)22/h2-5H,6-10H2,1H3,(H2,19,20,21). The van der Waals surface area contributed by atoms with E-state index in [2.05, 4.69) is 15.6 Å². The maximum atomic E-state index is 12.3. The van der Waals surface area contributed by atoms with E-state index < -0.39 is 12.6 Å². The topological polar surface area (TPSA) is 56.7 Å². The third kappa shape index (κ3) is 4.87. The summed E-state index contributed by atoms with van der Waals surface area (Å²) in [4.78, 5) is 17.7. The average molecular weight is 328 g/mol. The Morgan fingerprint density at radius 1 is 1.30 bits per heavy atom. The molecule has 0 fully saturated rings. The number of fused-ring (bicyclic) bond motifs is 1. The number of hydrogen-bond donors (Lipinski definition) is 2. The predicted octanol–water partition coefficient (Wildman–Crippen LogP) is 1.69. The minimum absolute atomic E-state index is 0.0278. The lowest BCUT2D eigenvalue weighted by atomic mass is 10.2. The number of benzene rings is 1. The fraction of sp³-hybridized carbons (Fsp3) is 0.467. The first kappa shape index (κ1) is 17.1. The van der Waals surface area contributed by atoms with E-state index in [0.717, 1.165) is 17.7 Å². The number of alkyl halides is 3. The van der Waals surface area contributed by atoms with Crippen molar-refractivity contribution in [2.45, 2.75) is 19.0 Å². The van der Waals surface area contributed by atoms with Crippen molar-refractivity contribution in [3.8, 4) is 0 Å². The van der Waals surface area contributed by atoms with Crippen molar-refractivity contribution in [2.24, 2.45) is 4.99 Å². The average Bonchev–Trinajstić information content (AvgIpc) is 2.93. The molecule has 0 aliphatic carbocycles. The highest BCUT2D eigenvalue weighted by atomic mass is 19.4. The van der Waals surface area contributed by atoms with Gasteiger partial charge in [0, 0.05) is 25.8 Å². The molecule has 8 heteroatoms. The first-order valence-corrected chi connectivity index (χ1v) is 7.30. The lowest BCUT2D eigenvalue weighted by molar-refractivity contribution is -0.132. The predicted molar refractivity (Wildman–Crippen MR) is 82.5 cm³/mol. The van der Waals surface area contributed by atoms with E-state index in [9.17, 15) is 18.0 Å². The molecule has 5 nitrogen and oxygen atoms in total. The molecule has 0 spiro atoms. The Bertz CT molecular complexity index is 586. The van der Waals surface area contributed by atoms with Crippen molar-refractivity contribution in [1.82, 2.24) is 10.6 Å². The number of amides is 1. The molecule has 2 N–H and O–H groups in total. The van der Waals surface area contributed by atoms with Crippen LogP contribution in [-0.4, -0.2) is 44.7 Å². The molecule has 1 aliphatic rings. The third-order valence-electron chi connectivity index (χ3n) is 3.52. The number of hydrogen-bond acceptors (Lipinski definition) is 2. The number of guanidine groups is 1. The first-order valence-electron chi connectivity index (χ1n) is 7.30. The molecule has 0 bridgehead atoms. The maximum Gasteiger partial charge on any atom is 0.390 e. The highest BCUT2D eigenvalue weighted by Gasteiger charge is 2.27. The number of nitrogens with one attached hydrogen (secondary N) is 2. The van der Waals surface area contributed by atoms with E-state index in [1.807, 2.05) is 24.3 Å². The maximum absolute atomic E-state index is 12.3. The second-order valence-electron chi connectivity index (χ2n) is 5.14. The molecule has 1 aromatic rings. The van der Waals surface area contributed by atoms with Crippen LogP contribution in [0.2, 0.25) is 0 Å². The number of carbonyl (C=O) groups excluding carboxylic acids is 1. The van der Waals surface area contributed by atoms with Crippen LogP contribution < -0.4 is 15.5 Å². The van der Waals surface area contributed by atoms with Gasteiger partial charge < -0.3 is 15.5 Å². The number of nitrogens with zero attached hydrogens (tertiary/aromatic N) is 2. The Hall–Kier alpha value is -2.25. The minimum Gasteiger partial charge on any atom is -0.356 e. The zero-order valence-corrected chi connectivity index (χ0v) is 12.8. The molecule has 0 unspecified atom stereocenters. The van der Waals surface area contributed by atoms with E-state index in [0.29, 0.717) is 6.54 Å². The van der Waals surface area contributed by atoms with Crippen LogP contribution in [0, 0.1) is 0 Å². The molecule has 0 saturated carbocycles. The van der Waals surface area contributed by atoms with Crippen LogP contribution in [0.15, 0.2) is 29.3 Å². The Balaban J connectivity index is 1.82. The van der Waals surface area contributed by atoms with Crippen LogP contribution in [-0.2, 0) is 11.2 Å². The Morgan fingerprint density at radius 3 is 2.74 bits per heavy atom. The van der Waals surface area contributed by atoms with E-state index in [1.54, 1.807) is 4.90 Å². The van der Waals surface area contributed by atoms with E-state index in [4.69, 9.17) is 0 Å². The fourth-order valence-corrected chi connectivity index (χ4v) is 2.40. The van der Waals surface area contributed by atoms with Crippen molar-refractivity contribution in [3.63, 3.8) is 0 Å². The molecule has 0 saturated heterocycles. The Kier molecular flexibility index (Phi) is 5.46. The smallest absolute Gasteiger partial charge is 0.356 e. The highest BCUT2D eigenvalue weighted by Crippen LogP contribution is 2.27. The molecular formula is C15H19F3N4O. The molecule has 0 radical (unpaired) electrons. The second kappa shape index (κ2) is 7.34. The Labute approximate surface area is 132 Å². The summed E-state index contributed by atoms with van der Waals surface area (Å²) in [6, 6.07) is 7.66. The van der Waals surface area contributed by atoms with Gasteiger partial charge in [-0.15, -0.1) is 0 Å². The number of para-hydroxylation sites is 1. The van der Waals surface area contributed by atoms with Crippen LogP contribution in [0.3, 0.4) is 0 Å². The van der Waals surface area contributed by atoms with Gasteiger partial charge in [0.1, 0.15) is 0 Å². The van der Waals surface area contributed by atoms with Crippen LogP contribution in [0.5, 0.6) is 0 Å². The van der Waals surface area contributed by atoms with Gasteiger partial charge in [0.2, 0.25) is 5.91 Å². The summed E-state index contributed by atoms with van der Waals surface area (Å²) in [6.45, 7) is 0.296. The number of anilines is 1. The van der Waals surface area contributed by atoms with Crippen LogP contribution in [0.1, 0.15) is 12.0 Å². The van der Waals surface area contributed by atoms with Crippen LogP contribution in [0.25, 0.3) is 0 Å². The van der Waals surface area contributed by atoms with E-state index >= 15 is 0 Å². The van der Waals surface area contributed by atoms with Gasteiger partial charge in [0.05, 0.1) is 13.0 Å². The molecule has 1 heterocycles. The zero-order chi connectivity index (χ0) is 16.9. The summed E-state index contributed by atoms with van der Waals surface area (Å²) in [5.41, 5.74) is 2.01. The molecule has 126 valence electrons. The number of halogens is 3. The summed E-state index contributed by atoms with van der Waals surface area (Å²) in [6.07, 6.45) is -4.37. The zero-order valence-electron chi connectivity index (χ0n) is 12.8. The van der Waals surface area contributed by atoms with Crippen molar-refractivity contribution in [2.75, 3.05) is 31.6 Å². The SMILES string of the molecule is CN=C(NCCC(F)(F)F)NCC(=O)N1CCc2ccccc21. The Morgan fingerprint density at radius 2 is 2.04 bits per heavy atom. The van der Waals surface area contributed by atoms with Gasteiger partial charge in [-0.3, -0.25) is 9.79 Å². The van der Waals surface area contributed by atoms with Gasteiger partial charge in [-0.2, -0.15) is 13.2 Å². The molecule has 1 aromatic carbocycles. The molecule has 0 atom stereocenters. The van der Waals surface area contributed by atoms with Gasteiger partial charge >= 0.3 is 6.18 Å².